The zero-order valence-corrected chi connectivity index (χ0v) is 14.2. The molecule has 0 fully saturated rings. The lowest BCUT2D eigenvalue weighted by molar-refractivity contribution is -0.115. The SMILES string of the molecule is O=C1Cc2cc(C(=O)COC(=O)c3cc4c(F)cccc4s3)ccc2N1. The lowest BCUT2D eigenvalue weighted by Gasteiger charge is -2.05. The Hall–Kier alpha value is -3.06. The van der Waals surface area contributed by atoms with Gasteiger partial charge in [-0.3, -0.25) is 9.59 Å². The number of fused-ring (bicyclic) bond motifs is 2. The van der Waals surface area contributed by atoms with E-state index in [9.17, 15) is 18.8 Å². The third kappa shape index (κ3) is 2.97. The van der Waals surface area contributed by atoms with Gasteiger partial charge in [0.2, 0.25) is 5.91 Å². The number of hydrogen-bond acceptors (Lipinski definition) is 5. The number of Topliss-reactive ketones (excluding diaryl/α,β-unsaturated/α-hetero) is 1. The average molecular weight is 369 g/mol. The van der Waals surface area contributed by atoms with Crippen molar-refractivity contribution in [3.8, 4) is 0 Å². The number of hydrogen-bond donors (Lipinski definition) is 1. The van der Waals surface area contributed by atoms with Gasteiger partial charge in [-0.25, -0.2) is 9.18 Å². The summed E-state index contributed by atoms with van der Waals surface area (Å²) in [5.74, 6) is -1.56. The van der Waals surface area contributed by atoms with E-state index in [-0.39, 0.29) is 23.0 Å². The van der Waals surface area contributed by atoms with E-state index < -0.39 is 18.4 Å². The van der Waals surface area contributed by atoms with Gasteiger partial charge in [-0.15, -0.1) is 11.3 Å². The zero-order chi connectivity index (χ0) is 18.3. The number of halogens is 1. The van der Waals surface area contributed by atoms with Gasteiger partial charge in [-0.1, -0.05) is 6.07 Å². The Balaban J connectivity index is 1.45. The van der Waals surface area contributed by atoms with Gasteiger partial charge in [-0.2, -0.15) is 0 Å². The van der Waals surface area contributed by atoms with Crippen LogP contribution >= 0.6 is 11.3 Å². The second-order valence-electron chi connectivity index (χ2n) is 5.86. The lowest BCUT2D eigenvalue weighted by atomic mass is 10.1. The molecule has 0 atom stereocenters. The van der Waals surface area contributed by atoms with Crippen molar-refractivity contribution < 1.29 is 23.5 Å². The first kappa shape index (κ1) is 16.4. The van der Waals surface area contributed by atoms with Crippen molar-refractivity contribution in [1.29, 1.82) is 0 Å². The van der Waals surface area contributed by atoms with Crippen LogP contribution in [0.2, 0.25) is 0 Å². The first-order valence-electron chi connectivity index (χ1n) is 7.82. The van der Waals surface area contributed by atoms with Crippen LogP contribution in [-0.2, 0) is 16.0 Å². The van der Waals surface area contributed by atoms with Gasteiger partial charge in [0.05, 0.1) is 6.42 Å². The van der Waals surface area contributed by atoms with Crippen molar-refractivity contribution in [2.75, 3.05) is 11.9 Å². The number of amides is 1. The molecule has 0 saturated carbocycles. The van der Waals surface area contributed by atoms with E-state index in [1.165, 1.54) is 12.1 Å². The zero-order valence-electron chi connectivity index (χ0n) is 13.4. The molecule has 0 spiro atoms. The molecule has 4 rings (SSSR count). The van der Waals surface area contributed by atoms with Gasteiger partial charge >= 0.3 is 5.97 Å². The number of esters is 1. The minimum Gasteiger partial charge on any atom is -0.453 e. The third-order valence-corrected chi connectivity index (χ3v) is 5.18. The Morgan fingerprint density at radius 1 is 1.19 bits per heavy atom. The van der Waals surface area contributed by atoms with Gasteiger partial charge in [0.25, 0.3) is 0 Å². The van der Waals surface area contributed by atoms with Crippen LogP contribution < -0.4 is 5.32 Å². The molecule has 1 aliphatic rings. The Labute approximate surface area is 151 Å². The topological polar surface area (TPSA) is 72.5 Å². The van der Waals surface area contributed by atoms with Crippen molar-refractivity contribution in [2.45, 2.75) is 6.42 Å². The molecular formula is C19H12FNO4S. The monoisotopic (exact) mass is 369 g/mol. The first-order chi connectivity index (χ1) is 12.5. The summed E-state index contributed by atoms with van der Waals surface area (Å²) in [7, 11) is 0. The van der Waals surface area contributed by atoms with E-state index >= 15 is 0 Å². The second kappa shape index (κ2) is 6.34. The third-order valence-electron chi connectivity index (χ3n) is 4.10. The highest BCUT2D eigenvalue weighted by Crippen LogP contribution is 2.28. The fraction of sp³-hybridized carbons (Fsp3) is 0.105. The van der Waals surface area contributed by atoms with Gasteiger partial charge < -0.3 is 10.1 Å². The van der Waals surface area contributed by atoms with E-state index in [1.54, 1.807) is 30.3 Å². The lowest BCUT2D eigenvalue weighted by Crippen LogP contribution is -2.13. The molecule has 7 heteroatoms. The van der Waals surface area contributed by atoms with E-state index in [0.717, 1.165) is 16.9 Å². The number of ketones is 1. The summed E-state index contributed by atoms with van der Waals surface area (Å²) in [6.45, 7) is -0.421. The number of anilines is 1. The molecule has 0 aliphatic carbocycles. The molecule has 0 bridgehead atoms. The molecule has 1 aromatic heterocycles. The summed E-state index contributed by atoms with van der Waals surface area (Å²) < 4.78 is 19.4. The molecule has 0 unspecified atom stereocenters. The van der Waals surface area contributed by atoms with Crippen molar-refractivity contribution in [1.82, 2.24) is 0 Å². The molecule has 1 aliphatic heterocycles. The predicted octanol–water partition coefficient (Wildman–Crippen LogP) is 3.57. The molecule has 2 heterocycles. The van der Waals surface area contributed by atoms with Gasteiger partial charge in [0.1, 0.15) is 10.7 Å². The molecular weight excluding hydrogens is 357 g/mol. The standard InChI is InChI=1S/C19H12FNO4S/c20-13-2-1-3-16-12(13)8-17(26-16)19(24)25-9-15(22)10-4-5-14-11(6-10)7-18(23)21-14/h1-6,8H,7,9H2,(H,21,23). The number of benzene rings is 2. The van der Waals surface area contributed by atoms with Crippen LogP contribution in [0.15, 0.2) is 42.5 Å². The summed E-state index contributed by atoms with van der Waals surface area (Å²) in [6, 6.07) is 10.9. The van der Waals surface area contributed by atoms with Crippen LogP contribution in [0.4, 0.5) is 10.1 Å². The highest BCUT2D eigenvalue weighted by Gasteiger charge is 2.20. The molecule has 1 N–H and O–H groups in total. The Morgan fingerprint density at radius 2 is 2.04 bits per heavy atom. The molecule has 130 valence electrons. The normalized spacial score (nSPS) is 12.7. The maximum atomic E-state index is 13.7. The quantitative estimate of drug-likeness (QED) is 0.564. The number of carbonyl (C=O) groups is 3. The smallest absolute Gasteiger partial charge is 0.348 e. The van der Waals surface area contributed by atoms with Gasteiger partial charge in [0.15, 0.2) is 12.4 Å². The Bertz CT molecular complexity index is 1070. The Morgan fingerprint density at radius 3 is 2.85 bits per heavy atom. The summed E-state index contributed by atoms with van der Waals surface area (Å²) >= 11 is 1.11. The predicted molar refractivity (Wildman–Crippen MR) is 95.2 cm³/mol. The summed E-state index contributed by atoms with van der Waals surface area (Å²) in [4.78, 5) is 36.0. The van der Waals surface area contributed by atoms with Gasteiger partial charge in [-0.05, 0) is 42.0 Å². The van der Waals surface area contributed by atoms with Crippen molar-refractivity contribution in [2.24, 2.45) is 0 Å². The maximum Gasteiger partial charge on any atom is 0.348 e. The van der Waals surface area contributed by atoms with E-state index in [0.29, 0.717) is 21.3 Å². The van der Waals surface area contributed by atoms with Crippen LogP contribution in [0.1, 0.15) is 25.6 Å². The number of nitrogens with one attached hydrogen (secondary N) is 1. The van der Waals surface area contributed by atoms with Gasteiger partial charge in [0, 0.05) is 21.3 Å². The molecule has 3 aromatic rings. The largest absolute Gasteiger partial charge is 0.453 e. The van der Waals surface area contributed by atoms with Crippen LogP contribution in [-0.4, -0.2) is 24.3 Å². The van der Waals surface area contributed by atoms with Crippen LogP contribution in [0.3, 0.4) is 0 Å². The van der Waals surface area contributed by atoms with E-state index in [2.05, 4.69) is 5.32 Å². The second-order valence-corrected chi connectivity index (χ2v) is 6.94. The number of thiophene rings is 1. The van der Waals surface area contributed by atoms with Crippen LogP contribution in [0.5, 0.6) is 0 Å². The van der Waals surface area contributed by atoms with Crippen LogP contribution in [0, 0.1) is 5.82 Å². The first-order valence-corrected chi connectivity index (χ1v) is 8.64. The van der Waals surface area contributed by atoms with E-state index in [1.807, 2.05) is 0 Å². The fourth-order valence-corrected chi connectivity index (χ4v) is 3.78. The molecule has 0 radical (unpaired) electrons. The van der Waals surface area contributed by atoms with Crippen molar-refractivity contribution >= 4 is 44.8 Å². The number of rotatable bonds is 4. The molecule has 1 amide bonds. The molecule has 5 nitrogen and oxygen atoms in total. The average Bonchev–Trinajstić information content (AvgIpc) is 3.22. The molecule has 0 saturated heterocycles. The highest BCUT2D eigenvalue weighted by atomic mass is 32.1. The maximum absolute atomic E-state index is 13.7. The van der Waals surface area contributed by atoms with Crippen LogP contribution in [0.25, 0.3) is 10.1 Å². The summed E-state index contributed by atoms with van der Waals surface area (Å²) in [6.07, 6.45) is 0.226. The number of carbonyl (C=O) groups excluding carboxylic acids is 3. The van der Waals surface area contributed by atoms with Crippen molar-refractivity contribution in [3.05, 3.63) is 64.3 Å². The van der Waals surface area contributed by atoms with E-state index in [4.69, 9.17) is 4.74 Å². The molecule has 2 aromatic carbocycles. The highest BCUT2D eigenvalue weighted by molar-refractivity contribution is 7.20. The summed E-state index contributed by atoms with van der Waals surface area (Å²) in [5, 5.41) is 3.04. The van der Waals surface area contributed by atoms with Crippen molar-refractivity contribution in [3.63, 3.8) is 0 Å². The Kier molecular flexibility index (Phi) is 4.00. The minimum absolute atomic E-state index is 0.118. The molecule has 26 heavy (non-hydrogen) atoms. The summed E-state index contributed by atoms with van der Waals surface area (Å²) in [5.41, 5.74) is 1.80. The fourth-order valence-electron chi connectivity index (χ4n) is 2.81. The number of ether oxygens (including phenoxy) is 1. The minimum atomic E-state index is -0.669.